The van der Waals surface area contributed by atoms with E-state index in [1.54, 1.807) is 0 Å². The summed E-state index contributed by atoms with van der Waals surface area (Å²) in [6.07, 6.45) is 11.3. The van der Waals surface area contributed by atoms with Crippen molar-refractivity contribution in [3.63, 3.8) is 0 Å². The Bertz CT molecular complexity index is 449. The van der Waals surface area contributed by atoms with Gasteiger partial charge >= 0.3 is 0 Å². The Morgan fingerprint density at radius 1 is 1.24 bits per heavy atom. The smallest absolute Gasteiger partial charge is 0.131 e. The van der Waals surface area contributed by atoms with Gasteiger partial charge in [0.15, 0.2) is 0 Å². The topological polar surface area (TPSA) is 29.0 Å². The standard InChI is InChI=1S/C13H17N3S/c1-2-10-6-7-11(3-1)16(10)8-12-14-15-13(17-12)9-4-5-9/h1-2,9-11H,3-8H2. The van der Waals surface area contributed by atoms with Crippen molar-refractivity contribution in [1.82, 2.24) is 15.1 Å². The second kappa shape index (κ2) is 3.89. The summed E-state index contributed by atoms with van der Waals surface area (Å²) < 4.78 is 0. The lowest BCUT2D eigenvalue weighted by Crippen LogP contribution is -2.36. The van der Waals surface area contributed by atoms with Gasteiger partial charge < -0.3 is 0 Å². The van der Waals surface area contributed by atoms with Gasteiger partial charge in [0.05, 0.1) is 6.54 Å². The van der Waals surface area contributed by atoms with Crippen LogP contribution in [0, 0.1) is 0 Å². The number of nitrogens with zero attached hydrogens (tertiary/aromatic N) is 3. The summed E-state index contributed by atoms with van der Waals surface area (Å²) in [6.45, 7) is 1.02. The van der Waals surface area contributed by atoms with Crippen LogP contribution in [-0.2, 0) is 6.54 Å². The summed E-state index contributed by atoms with van der Waals surface area (Å²) in [4.78, 5) is 2.62. The Hall–Kier alpha value is -0.740. The largest absolute Gasteiger partial charge is 0.287 e. The molecule has 2 aliphatic heterocycles. The lowest BCUT2D eigenvalue weighted by Gasteiger charge is -2.30. The highest BCUT2D eigenvalue weighted by Gasteiger charge is 2.34. The predicted molar refractivity (Wildman–Crippen MR) is 68.0 cm³/mol. The van der Waals surface area contributed by atoms with Crippen LogP contribution < -0.4 is 0 Å². The Morgan fingerprint density at radius 2 is 2.18 bits per heavy atom. The van der Waals surface area contributed by atoms with Crippen LogP contribution in [0.15, 0.2) is 12.2 Å². The summed E-state index contributed by atoms with van der Waals surface area (Å²) in [6, 6.07) is 1.43. The van der Waals surface area contributed by atoms with Crippen molar-refractivity contribution < 1.29 is 0 Å². The molecule has 3 heterocycles. The van der Waals surface area contributed by atoms with E-state index in [2.05, 4.69) is 27.2 Å². The van der Waals surface area contributed by atoms with Gasteiger partial charge in [-0.3, -0.25) is 4.90 Å². The first-order valence-electron chi connectivity index (χ1n) is 6.65. The van der Waals surface area contributed by atoms with E-state index in [4.69, 9.17) is 0 Å². The van der Waals surface area contributed by atoms with Gasteiger partial charge in [0.2, 0.25) is 0 Å². The van der Waals surface area contributed by atoms with E-state index in [-0.39, 0.29) is 0 Å². The first kappa shape index (κ1) is 10.2. The highest BCUT2D eigenvalue weighted by Crippen LogP contribution is 2.41. The van der Waals surface area contributed by atoms with E-state index < -0.39 is 0 Å². The summed E-state index contributed by atoms with van der Waals surface area (Å²) in [7, 11) is 0. The van der Waals surface area contributed by atoms with Gasteiger partial charge in [0.25, 0.3) is 0 Å². The minimum atomic E-state index is 0.669. The highest BCUT2D eigenvalue weighted by atomic mass is 32.1. The normalized spacial score (nSPS) is 32.2. The molecule has 4 rings (SSSR count). The Balaban J connectivity index is 1.50. The van der Waals surface area contributed by atoms with E-state index in [1.165, 1.54) is 42.1 Å². The summed E-state index contributed by atoms with van der Waals surface area (Å²) >= 11 is 1.84. The minimum absolute atomic E-state index is 0.669. The third kappa shape index (κ3) is 1.83. The van der Waals surface area contributed by atoms with Crippen molar-refractivity contribution in [3.8, 4) is 0 Å². The van der Waals surface area contributed by atoms with E-state index in [9.17, 15) is 0 Å². The Kier molecular flexibility index (Phi) is 2.33. The van der Waals surface area contributed by atoms with Crippen LogP contribution in [-0.4, -0.2) is 27.2 Å². The zero-order valence-electron chi connectivity index (χ0n) is 9.88. The van der Waals surface area contributed by atoms with Gasteiger partial charge in [0, 0.05) is 18.0 Å². The summed E-state index contributed by atoms with van der Waals surface area (Å²) in [5, 5.41) is 11.2. The predicted octanol–water partition coefficient (Wildman–Crippen LogP) is 2.71. The number of aromatic nitrogens is 2. The molecule has 17 heavy (non-hydrogen) atoms. The maximum Gasteiger partial charge on any atom is 0.131 e. The molecule has 1 aromatic heterocycles. The highest BCUT2D eigenvalue weighted by molar-refractivity contribution is 7.11. The minimum Gasteiger partial charge on any atom is -0.287 e. The van der Waals surface area contributed by atoms with E-state index in [0.717, 1.165) is 18.5 Å². The van der Waals surface area contributed by atoms with Crippen LogP contribution in [0.5, 0.6) is 0 Å². The van der Waals surface area contributed by atoms with E-state index >= 15 is 0 Å². The van der Waals surface area contributed by atoms with Gasteiger partial charge in [0.1, 0.15) is 10.0 Å². The molecule has 1 aromatic rings. The third-order valence-electron chi connectivity index (χ3n) is 4.18. The molecule has 1 saturated heterocycles. The fourth-order valence-electron chi connectivity index (χ4n) is 3.05. The van der Waals surface area contributed by atoms with Crippen LogP contribution in [0.3, 0.4) is 0 Å². The first-order valence-corrected chi connectivity index (χ1v) is 7.46. The zero-order valence-corrected chi connectivity index (χ0v) is 10.7. The molecule has 2 fully saturated rings. The van der Waals surface area contributed by atoms with Gasteiger partial charge in [-0.25, -0.2) is 0 Å². The van der Waals surface area contributed by atoms with Gasteiger partial charge in [-0.2, -0.15) is 0 Å². The Morgan fingerprint density at radius 3 is 3.00 bits per heavy atom. The number of hydrogen-bond acceptors (Lipinski definition) is 4. The van der Waals surface area contributed by atoms with Crippen LogP contribution in [0.2, 0.25) is 0 Å². The molecule has 2 unspecified atom stereocenters. The van der Waals surface area contributed by atoms with Crippen molar-refractivity contribution >= 4 is 11.3 Å². The summed E-state index contributed by atoms with van der Waals surface area (Å²) in [5.74, 6) is 0.749. The molecule has 4 heteroatoms. The van der Waals surface area contributed by atoms with Crippen LogP contribution in [0.25, 0.3) is 0 Å². The molecule has 0 radical (unpaired) electrons. The monoisotopic (exact) mass is 247 g/mol. The fourth-order valence-corrected chi connectivity index (χ4v) is 4.07. The molecular formula is C13H17N3S. The second-order valence-corrected chi connectivity index (χ2v) is 6.54. The average molecular weight is 247 g/mol. The molecular weight excluding hydrogens is 230 g/mol. The lowest BCUT2D eigenvalue weighted by atomic mass is 10.1. The van der Waals surface area contributed by atoms with E-state index in [0.29, 0.717) is 6.04 Å². The lowest BCUT2D eigenvalue weighted by molar-refractivity contribution is 0.199. The van der Waals surface area contributed by atoms with Crippen molar-refractivity contribution in [1.29, 1.82) is 0 Å². The molecule has 2 atom stereocenters. The molecule has 0 spiro atoms. The van der Waals surface area contributed by atoms with E-state index in [1.807, 2.05) is 11.3 Å². The van der Waals surface area contributed by atoms with Crippen LogP contribution in [0.4, 0.5) is 0 Å². The van der Waals surface area contributed by atoms with Gasteiger partial charge in [-0.1, -0.05) is 23.5 Å². The average Bonchev–Trinajstić information content (AvgIpc) is 3.06. The quantitative estimate of drug-likeness (QED) is 0.769. The zero-order chi connectivity index (χ0) is 11.2. The van der Waals surface area contributed by atoms with Crippen molar-refractivity contribution in [2.45, 2.75) is 56.7 Å². The molecule has 0 aromatic carbocycles. The maximum atomic E-state index is 4.37. The SMILES string of the molecule is C1=CC2CCC(C1)N2Cc1nnc(C2CC2)s1. The fraction of sp³-hybridized carbons (Fsp3) is 0.692. The summed E-state index contributed by atoms with van der Waals surface area (Å²) in [5.41, 5.74) is 0. The van der Waals surface area contributed by atoms with Gasteiger partial charge in [-0.15, -0.1) is 10.2 Å². The van der Waals surface area contributed by atoms with Crippen LogP contribution in [0.1, 0.15) is 48.0 Å². The number of rotatable bonds is 3. The first-order chi connectivity index (χ1) is 8.40. The molecule has 3 aliphatic rings. The molecule has 1 saturated carbocycles. The van der Waals surface area contributed by atoms with Crippen molar-refractivity contribution in [2.75, 3.05) is 0 Å². The molecule has 0 amide bonds. The van der Waals surface area contributed by atoms with Crippen LogP contribution >= 0.6 is 11.3 Å². The maximum absolute atomic E-state index is 4.37. The second-order valence-electron chi connectivity index (χ2n) is 5.44. The Labute approximate surface area is 106 Å². The third-order valence-corrected chi connectivity index (χ3v) is 5.25. The molecule has 90 valence electrons. The van der Waals surface area contributed by atoms with Gasteiger partial charge in [-0.05, 0) is 32.1 Å². The molecule has 1 aliphatic carbocycles. The van der Waals surface area contributed by atoms with Crippen molar-refractivity contribution in [3.05, 3.63) is 22.2 Å². The molecule has 3 nitrogen and oxygen atoms in total. The molecule has 0 N–H and O–H groups in total. The number of hydrogen-bond donors (Lipinski definition) is 0. The number of fused-ring (bicyclic) bond motifs is 2. The molecule has 2 bridgehead atoms. The van der Waals surface area contributed by atoms with Crippen molar-refractivity contribution in [2.24, 2.45) is 0 Å².